The lowest BCUT2D eigenvalue weighted by atomic mass is 10.1. The Kier molecular flexibility index (Phi) is 4.79. The lowest BCUT2D eigenvalue weighted by molar-refractivity contribution is -0.120. The van der Waals surface area contributed by atoms with Gasteiger partial charge in [0.25, 0.3) is 0 Å². The number of phenolic OH excluding ortho intramolecular Hbond substituents is 1. The smallest absolute Gasteiger partial charge is 0.224 e. The second-order valence-corrected chi connectivity index (χ2v) is 5.85. The predicted octanol–water partition coefficient (Wildman–Crippen LogP) is 2.80. The molecule has 0 bridgehead atoms. The van der Waals surface area contributed by atoms with E-state index in [1.165, 1.54) is 0 Å². The van der Waals surface area contributed by atoms with Gasteiger partial charge in [0.15, 0.2) is 0 Å². The second-order valence-electron chi connectivity index (χ2n) is 5.85. The summed E-state index contributed by atoms with van der Waals surface area (Å²) >= 11 is 0. The summed E-state index contributed by atoms with van der Waals surface area (Å²) in [7, 11) is 0. The lowest BCUT2D eigenvalue weighted by Gasteiger charge is -2.08. The number of carbonyl (C=O) groups excluding carboxylic acids is 1. The van der Waals surface area contributed by atoms with E-state index in [1.54, 1.807) is 24.3 Å². The van der Waals surface area contributed by atoms with Gasteiger partial charge in [-0.05, 0) is 43.2 Å². The van der Waals surface area contributed by atoms with E-state index in [4.69, 9.17) is 0 Å². The molecule has 5 nitrogen and oxygen atoms in total. The highest BCUT2D eigenvalue weighted by atomic mass is 16.3. The maximum Gasteiger partial charge on any atom is 0.224 e. The molecule has 0 saturated carbocycles. The van der Waals surface area contributed by atoms with Gasteiger partial charge in [0.05, 0.1) is 17.5 Å². The number of hydrogen-bond acceptors (Lipinski definition) is 3. The number of aryl methyl sites for hydroxylation is 2. The van der Waals surface area contributed by atoms with Crippen LogP contribution in [0.5, 0.6) is 5.75 Å². The predicted molar refractivity (Wildman–Crippen MR) is 93.9 cm³/mol. The minimum atomic E-state index is -0.00657. The molecule has 2 aromatic carbocycles. The van der Waals surface area contributed by atoms with Crippen molar-refractivity contribution >= 4 is 16.9 Å². The Morgan fingerprint density at radius 1 is 1.17 bits per heavy atom. The van der Waals surface area contributed by atoms with E-state index < -0.39 is 0 Å². The summed E-state index contributed by atoms with van der Waals surface area (Å²) in [5, 5.41) is 12.2. The molecule has 0 fully saturated rings. The van der Waals surface area contributed by atoms with Crippen LogP contribution in [0, 0.1) is 6.92 Å². The highest BCUT2D eigenvalue weighted by molar-refractivity contribution is 5.78. The Labute approximate surface area is 141 Å². The van der Waals surface area contributed by atoms with Gasteiger partial charge in [-0.15, -0.1) is 0 Å². The molecule has 0 unspecified atom stereocenters. The fourth-order valence-corrected chi connectivity index (χ4v) is 2.80. The summed E-state index contributed by atoms with van der Waals surface area (Å²) in [5.41, 5.74) is 3.03. The van der Waals surface area contributed by atoms with Gasteiger partial charge in [-0.3, -0.25) is 4.79 Å². The number of carbonyl (C=O) groups is 1. The number of phenols is 1. The maximum atomic E-state index is 11.9. The average Bonchev–Trinajstić information content (AvgIpc) is 2.89. The van der Waals surface area contributed by atoms with Crippen LogP contribution in [0.25, 0.3) is 11.0 Å². The maximum absolute atomic E-state index is 11.9. The summed E-state index contributed by atoms with van der Waals surface area (Å²) in [6.45, 7) is 3.46. The number of imidazole rings is 1. The molecular weight excluding hydrogens is 302 g/mol. The SMILES string of the molecule is Cc1nc2ccccc2n1CCCNC(=O)Cc1ccc(O)cc1. The van der Waals surface area contributed by atoms with Gasteiger partial charge in [-0.2, -0.15) is 0 Å². The Balaban J connectivity index is 1.48. The summed E-state index contributed by atoms with van der Waals surface area (Å²) in [5.74, 6) is 1.20. The van der Waals surface area contributed by atoms with E-state index in [0.717, 1.165) is 35.4 Å². The highest BCUT2D eigenvalue weighted by Gasteiger charge is 2.07. The molecule has 2 N–H and O–H groups in total. The normalized spacial score (nSPS) is 10.9. The first-order valence-corrected chi connectivity index (χ1v) is 8.10. The molecule has 1 aromatic heterocycles. The van der Waals surface area contributed by atoms with Crippen molar-refractivity contribution in [2.24, 2.45) is 0 Å². The summed E-state index contributed by atoms with van der Waals surface area (Å²) in [6.07, 6.45) is 1.18. The van der Waals surface area contributed by atoms with E-state index in [0.29, 0.717) is 13.0 Å². The molecule has 5 heteroatoms. The van der Waals surface area contributed by atoms with Crippen LogP contribution < -0.4 is 5.32 Å². The van der Waals surface area contributed by atoms with Gasteiger partial charge < -0.3 is 15.0 Å². The van der Waals surface area contributed by atoms with Crippen LogP contribution >= 0.6 is 0 Å². The van der Waals surface area contributed by atoms with E-state index in [-0.39, 0.29) is 11.7 Å². The molecule has 0 aliphatic rings. The van der Waals surface area contributed by atoms with Crippen LogP contribution in [0.2, 0.25) is 0 Å². The molecule has 0 atom stereocenters. The van der Waals surface area contributed by atoms with Crippen LogP contribution in [-0.2, 0) is 17.8 Å². The average molecular weight is 323 g/mol. The van der Waals surface area contributed by atoms with E-state index in [2.05, 4.69) is 20.9 Å². The van der Waals surface area contributed by atoms with Gasteiger partial charge in [0.1, 0.15) is 11.6 Å². The molecule has 1 heterocycles. The minimum absolute atomic E-state index is 0.00657. The van der Waals surface area contributed by atoms with Crippen LogP contribution in [0.1, 0.15) is 17.8 Å². The fraction of sp³-hybridized carbons (Fsp3) is 0.263. The molecule has 0 radical (unpaired) electrons. The van der Waals surface area contributed by atoms with Crippen LogP contribution in [0.4, 0.5) is 0 Å². The Bertz CT molecular complexity index is 837. The number of benzene rings is 2. The third-order valence-electron chi connectivity index (χ3n) is 4.03. The zero-order valence-corrected chi connectivity index (χ0v) is 13.7. The third kappa shape index (κ3) is 3.74. The van der Waals surface area contributed by atoms with Gasteiger partial charge >= 0.3 is 0 Å². The van der Waals surface area contributed by atoms with Gasteiger partial charge in [-0.25, -0.2) is 4.98 Å². The number of rotatable bonds is 6. The lowest BCUT2D eigenvalue weighted by Crippen LogP contribution is -2.26. The first-order chi connectivity index (χ1) is 11.6. The van der Waals surface area contributed by atoms with Crippen molar-refractivity contribution in [3.05, 3.63) is 59.9 Å². The molecule has 0 spiro atoms. The second kappa shape index (κ2) is 7.17. The van der Waals surface area contributed by atoms with Crippen LogP contribution in [0.3, 0.4) is 0 Å². The Hall–Kier alpha value is -2.82. The molecule has 3 aromatic rings. The number of para-hydroxylation sites is 2. The monoisotopic (exact) mass is 323 g/mol. The Morgan fingerprint density at radius 2 is 1.92 bits per heavy atom. The van der Waals surface area contributed by atoms with Crippen molar-refractivity contribution in [1.29, 1.82) is 0 Å². The van der Waals surface area contributed by atoms with Crippen molar-refractivity contribution in [2.75, 3.05) is 6.54 Å². The fourth-order valence-electron chi connectivity index (χ4n) is 2.80. The van der Waals surface area contributed by atoms with Crippen molar-refractivity contribution in [2.45, 2.75) is 26.3 Å². The molecule has 1 amide bonds. The molecule has 3 rings (SSSR count). The number of nitrogens with zero attached hydrogens (tertiary/aromatic N) is 2. The number of nitrogens with one attached hydrogen (secondary N) is 1. The first-order valence-electron chi connectivity index (χ1n) is 8.10. The molecule has 124 valence electrons. The van der Waals surface area contributed by atoms with Crippen molar-refractivity contribution in [1.82, 2.24) is 14.9 Å². The highest BCUT2D eigenvalue weighted by Crippen LogP contribution is 2.15. The molecule has 0 saturated heterocycles. The van der Waals surface area contributed by atoms with Crippen molar-refractivity contribution in [3.63, 3.8) is 0 Å². The van der Waals surface area contributed by atoms with Gasteiger partial charge in [-0.1, -0.05) is 24.3 Å². The molecule has 0 aliphatic carbocycles. The van der Waals surface area contributed by atoms with E-state index in [1.807, 2.05) is 25.1 Å². The molecular formula is C19H21N3O2. The van der Waals surface area contributed by atoms with Crippen LogP contribution in [0.15, 0.2) is 48.5 Å². The summed E-state index contributed by atoms with van der Waals surface area (Å²) in [4.78, 5) is 16.5. The quantitative estimate of drug-likeness (QED) is 0.686. The van der Waals surface area contributed by atoms with Crippen molar-refractivity contribution in [3.8, 4) is 5.75 Å². The molecule has 24 heavy (non-hydrogen) atoms. The van der Waals surface area contributed by atoms with Crippen molar-refractivity contribution < 1.29 is 9.90 Å². The zero-order chi connectivity index (χ0) is 16.9. The Morgan fingerprint density at radius 3 is 2.71 bits per heavy atom. The minimum Gasteiger partial charge on any atom is -0.508 e. The third-order valence-corrected chi connectivity index (χ3v) is 4.03. The largest absolute Gasteiger partial charge is 0.508 e. The number of fused-ring (bicyclic) bond motifs is 1. The van der Waals surface area contributed by atoms with Gasteiger partial charge in [0.2, 0.25) is 5.91 Å². The topological polar surface area (TPSA) is 67.2 Å². The summed E-state index contributed by atoms with van der Waals surface area (Å²) in [6, 6.07) is 14.8. The van der Waals surface area contributed by atoms with Crippen LogP contribution in [-0.4, -0.2) is 27.1 Å². The summed E-state index contributed by atoms with van der Waals surface area (Å²) < 4.78 is 2.18. The number of hydrogen-bond donors (Lipinski definition) is 2. The van der Waals surface area contributed by atoms with Gasteiger partial charge in [0, 0.05) is 13.1 Å². The number of amides is 1. The van der Waals surface area contributed by atoms with E-state index in [9.17, 15) is 9.90 Å². The molecule has 0 aliphatic heterocycles. The standard InChI is InChI=1S/C19H21N3O2/c1-14-21-17-5-2-3-6-18(17)22(14)12-4-11-20-19(24)13-15-7-9-16(23)10-8-15/h2-3,5-10,23H,4,11-13H2,1H3,(H,20,24). The zero-order valence-electron chi connectivity index (χ0n) is 13.7. The number of aromatic nitrogens is 2. The number of aromatic hydroxyl groups is 1. The first kappa shape index (κ1) is 16.1. The van der Waals surface area contributed by atoms with E-state index >= 15 is 0 Å².